The van der Waals surface area contributed by atoms with E-state index >= 15 is 0 Å². The molecule has 1 aromatic heterocycles. The molecule has 3 aromatic carbocycles. The Morgan fingerprint density at radius 3 is 2.58 bits per heavy atom. The van der Waals surface area contributed by atoms with Crippen LogP contribution in [-0.2, 0) is 6.42 Å². The van der Waals surface area contributed by atoms with Crippen LogP contribution in [0.2, 0.25) is 0 Å². The maximum absolute atomic E-state index is 13.0. The molecule has 0 aliphatic rings. The van der Waals surface area contributed by atoms with Crippen LogP contribution in [0, 0.1) is 0 Å². The van der Waals surface area contributed by atoms with Gasteiger partial charge in [-0.15, -0.1) is 0 Å². The van der Waals surface area contributed by atoms with E-state index in [-0.39, 0.29) is 11.7 Å². The lowest BCUT2D eigenvalue weighted by Crippen LogP contribution is -2.18. The SMILES string of the molecule is CCc1ccc(-c2nn(-c3ccccc3)cc2C(=O)N/N=C/c2ccc(O)c(OC)c2)cc1. The van der Waals surface area contributed by atoms with Crippen LogP contribution in [0.25, 0.3) is 16.9 Å². The summed E-state index contributed by atoms with van der Waals surface area (Å²) in [5.74, 6) is -0.0216. The lowest BCUT2D eigenvalue weighted by atomic mass is 10.0. The average Bonchev–Trinajstić information content (AvgIpc) is 3.31. The molecule has 1 heterocycles. The second-order valence-electron chi connectivity index (χ2n) is 7.35. The predicted octanol–water partition coefficient (Wildman–Crippen LogP) is 4.58. The van der Waals surface area contributed by atoms with Gasteiger partial charge in [0.1, 0.15) is 5.69 Å². The number of aromatic nitrogens is 2. The van der Waals surface area contributed by atoms with E-state index in [4.69, 9.17) is 4.74 Å². The largest absolute Gasteiger partial charge is 0.504 e. The Hall–Kier alpha value is -4.39. The van der Waals surface area contributed by atoms with Crippen molar-refractivity contribution in [3.05, 3.63) is 95.7 Å². The number of phenolic OH excluding ortho intramolecular Hbond substituents is 1. The summed E-state index contributed by atoms with van der Waals surface area (Å²) >= 11 is 0. The monoisotopic (exact) mass is 440 g/mol. The number of amides is 1. The van der Waals surface area contributed by atoms with Gasteiger partial charge in [-0.1, -0.05) is 49.4 Å². The summed E-state index contributed by atoms with van der Waals surface area (Å²) in [5.41, 5.74) is 7.12. The van der Waals surface area contributed by atoms with Crippen molar-refractivity contribution in [1.82, 2.24) is 15.2 Å². The van der Waals surface area contributed by atoms with Gasteiger partial charge in [0.2, 0.25) is 0 Å². The Morgan fingerprint density at radius 1 is 1.12 bits per heavy atom. The van der Waals surface area contributed by atoms with E-state index < -0.39 is 0 Å². The van der Waals surface area contributed by atoms with Crippen LogP contribution in [-0.4, -0.2) is 34.1 Å². The van der Waals surface area contributed by atoms with Crippen molar-refractivity contribution in [3.63, 3.8) is 0 Å². The minimum Gasteiger partial charge on any atom is -0.504 e. The molecule has 0 bridgehead atoms. The van der Waals surface area contributed by atoms with E-state index in [1.807, 2.05) is 54.6 Å². The zero-order valence-corrected chi connectivity index (χ0v) is 18.4. The Kier molecular flexibility index (Phi) is 6.50. The third-order valence-corrected chi connectivity index (χ3v) is 5.20. The zero-order valence-electron chi connectivity index (χ0n) is 18.4. The Bertz CT molecular complexity index is 1280. The Balaban J connectivity index is 1.63. The standard InChI is InChI=1S/C26H24N4O3/c1-3-18-9-12-20(13-10-18)25-22(17-30(29-25)21-7-5-4-6-8-21)26(32)28-27-16-19-11-14-23(31)24(15-19)33-2/h4-17,31H,3H2,1-2H3,(H,28,32)/b27-16+. The van der Waals surface area contributed by atoms with Gasteiger partial charge >= 0.3 is 0 Å². The predicted molar refractivity (Wildman–Crippen MR) is 128 cm³/mol. The molecule has 2 N–H and O–H groups in total. The van der Waals surface area contributed by atoms with Gasteiger partial charge < -0.3 is 9.84 Å². The molecule has 166 valence electrons. The van der Waals surface area contributed by atoms with Crippen LogP contribution in [0.1, 0.15) is 28.4 Å². The molecule has 0 spiro atoms. The number of hydrogen-bond donors (Lipinski definition) is 2. The number of hydrogen-bond acceptors (Lipinski definition) is 5. The van der Waals surface area contributed by atoms with Crippen molar-refractivity contribution in [1.29, 1.82) is 0 Å². The highest BCUT2D eigenvalue weighted by atomic mass is 16.5. The van der Waals surface area contributed by atoms with Gasteiger partial charge in [-0.25, -0.2) is 10.1 Å². The summed E-state index contributed by atoms with van der Waals surface area (Å²) in [6.07, 6.45) is 4.12. The molecular weight excluding hydrogens is 416 g/mol. The van der Waals surface area contributed by atoms with Gasteiger partial charge in [0.25, 0.3) is 5.91 Å². The minimum atomic E-state index is -0.381. The first-order chi connectivity index (χ1) is 16.1. The van der Waals surface area contributed by atoms with Crippen LogP contribution in [0.3, 0.4) is 0 Å². The topological polar surface area (TPSA) is 88.7 Å². The molecule has 0 unspecified atom stereocenters. The van der Waals surface area contributed by atoms with Crippen LogP contribution in [0.15, 0.2) is 84.1 Å². The van der Waals surface area contributed by atoms with Gasteiger partial charge in [-0.3, -0.25) is 4.79 Å². The molecule has 4 rings (SSSR count). The fourth-order valence-electron chi connectivity index (χ4n) is 3.36. The number of ether oxygens (including phenoxy) is 1. The highest BCUT2D eigenvalue weighted by Gasteiger charge is 2.18. The fourth-order valence-corrected chi connectivity index (χ4v) is 3.36. The molecule has 0 aliphatic heterocycles. The summed E-state index contributed by atoms with van der Waals surface area (Å²) in [6, 6.07) is 22.4. The molecule has 0 aliphatic carbocycles. The molecule has 0 saturated carbocycles. The van der Waals surface area contributed by atoms with Gasteiger partial charge in [-0.2, -0.15) is 10.2 Å². The van der Waals surface area contributed by atoms with Crippen molar-refractivity contribution >= 4 is 12.1 Å². The number of aryl methyl sites for hydroxylation is 1. The van der Waals surface area contributed by atoms with E-state index in [0.29, 0.717) is 22.6 Å². The summed E-state index contributed by atoms with van der Waals surface area (Å²) < 4.78 is 6.79. The van der Waals surface area contributed by atoms with Crippen molar-refractivity contribution in [2.24, 2.45) is 5.10 Å². The summed E-state index contributed by atoms with van der Waals surface area (Å²) in [6.45, 7) is 2.10. The van der Waals surface area contributed by atoms with Gasteiger partial charge in [-0.05, 0) is 47.9 Å². The third kappa shape index (κ3) is 4.93. The summed E-state index contributed by atoms with van der Waals surface area (Å²) in [7, 11) is 1.47. The van der Waals surface area contributed by atoms with Gasteiger partial charge in [0.15, 0.2) is 11.5 Å². The molecule has 33 heavy (non-hydrogen) atoms. The summed E-state index contributed by atoms with van der Waals surface area (Å²) in [4.78, 5) is 13.0. The van der Waals surface area contributed by atoms with Crippen LogP contribution < -0.4 is 10.2 Å². The number of rotatable bonds is 7. The Labute approximate surface area is 192 Å². The molecule has 7 nitrogen and oxygen atoms in total. The second-order valence-corrected chi connectivity index (χ2v) is 7.35. The first-order valence-corrected chi connectivity index (χ1v) is 10.5. The number of benzene rings is 3. The van der Waals surface area contributed by atoms with Crippen LogP contribution >= 0.6 is 0 Å². The maximum Gasteiger partial charge on any atom is 0.275 e. The first kappa shape index (κ1) is 21.8. The number of carbonyl (C=O) groups is 1. The minimum absolute atomic E-state index is 0.0331. The van der Waals surface area contributed by atoms with Crippen molar-refractivity contribution in [3.8, 4) is 28.4 Å². The quantitative estimate of drug-likeness (QED) is 0.325. The van der Waals surface area contributed by atoms with Crippen molar-refractivity contribution in [2.45, 2.75) is 13.3 Å². The lowest BCUT2D eigenvalue weighted by Gasteiger charge is -2.04. The highest BCUT2D eigenvalue weighted by Crippen LogP contribution is 2.26. The third-order valence-electron chi connectivity index (χ3n) is 5.20. The number of methoxy groups -OCH3 is 1. The number of phenols is 1. The van der Waals surface area contributed by atoms with Gasteiger partial charge in [0, 0.05) is 11.8 Å². The normalized spacial score (nSPS) is 11.0. The maximum atomic E-state index is 13.0. The molecule has 1 amide bonds. The second kappa shape index (κ2) is 9.82. The van der Waals surface area contributed by atoms with Crippen molar-refractivity contribution in [2.75, 3.05) is 7.11 Å². The van der Waals surface area contributed by atoms with E-state index in [0.717, 1.165) is 17.7 Å². The Morgan fingerprint density at radius 2 is 1.88 bits per heavy atom. The average molecular weight is 441 g/mol. The van der Waals surface area contributed by atoms with Crippen molar-refractivity contribution < 1.29 is 14.6 Å². The number of nitrogens with zero attached hydrogens (tertiary/aromatic N) is 3. The first-order valence-electron chi connectivity index (χ1n) is 10.5. The lowest BCUT2D eigenvalue weighted by molar-refractivity contribution is 0.0955. The van der Waals surface area contributed by atoms with E-state index in [9.17, 15) is 9.90 Å². The number of hydrazone groups is 1. The zero-order chi connectivity index (χ0) is 23.2. The highest BCUT2D eigenvalue weighted by molar-refractivity contribution is 6.00. The smallest absolute Gasteiger partial charge is 0.275 e. The molecule has 4 aromatic rings. The van der Waals surface area contributed by atoms with Crippen LogP contribution in [0.4, 0.5) is 0 Å². The fraction of sp³-hybridized carbons (Fsp3) is 0.115. The van der Waals surface area contributed by atoms with Crippen LogP contribution in [0.5, 0.6) is 11.5 Å². The van der Waals surface area contributed by atoms with E-state index in [1.54, 1.807) is 23.0 Å². The van der Waals surface area contributed by atoms with E-state index in [2.05, 4.69) is 22.5 Å². The molecule has 7 heteroatoms. The molecule has 0 saturated heterocycles. The summed E-state index contributed by atoms with van der Waals surface area (Å²) in [5, 5.41) is 18.5. The molecular formula is C26H24N4O3. The molecule has 0 atom stereocenters. The number of aromatic hydroxyl groups is 1. The molecule has 0 fully saturated rings. The number of nitrogens with one attached hydrogen (secondary N) is 1. The molecule has 0 radical (unpaired) electrons. The number of carbonyl (C=O) groups excluding carboxylic acids is 1. The van der Waals surface area contributed by atoms with Gasteiger partial charge in [0.05, 0.1) is 24.6 Å². The number of para-hydroxylation sites is 1. The van der Waals surface area contributed by atoms with E-state index in [1.165, 1.54) is 25.0 Å².